The van der Waals surface area contributed by atoms with E-state index in [-0.39, 0.29) is 38.5 Å². The molecule has 0 unspecified atom stereocenters. The summed E-state index contributed by atoms with van der Waals surface area (Å²) < 4.78 is 5.73. The van der Waals surface area contributed by atoms with Crippen molar-refractivity contribution in [3.63, 3.8) is 0 Å². The SMILES string of the molecule is C/C=C\C.Cc1cccc2c1oc1[c-]cccc12.[CH3-].[U+2]. The Morgan fingerprint density at radius 3 is 2.30 bits per heavy atom. The first kappa shape index (κ1) is 19.0. The summed E-state index contributed by atoms with van der Waals surface area (Å²) in [6.07, 6.45) is 4.00. The minimum Gasteiger partial charge on any atom is -0.483 e. The van der Waals surface area contributed by atoms with Gasteiger partial charge in [-0.05, 0) is 31.7 Å². The zero-order valence-electron chi connectivity index (χ0n) is 12.5. The first-order chi connectivity index (χ1) is 8.77. The molecule has 1 heterocycles. The van der Waals surface area contributed by atoms with E-state index < -0.39 is 0 Å². The number of aryl methyl sites for hydroxylation is 1. The molecule has 1 aromatic heterocycles. The van der Waals surface area contributed by atoms with Crippen LogP contribution < -0.4 is 0 Å². The van der Waals surface area contributed by atoms with E-state index in [9.17, 15) is 0 Å². The van der Waals surface area contributed by atoms with Gasteiger partial charge in [-0.15, -0.1) is 6.07 Å². The molecule has 2 aromatic carbocycles. The predicted molar refractivity (Wildman–Crippen MR) is 84.2 cm³/mol. The third-order valence-corrected chi connectivity index (χ3v) is 2.86. The third-order valence-electron chi connectivity index (χ3n) is 2.86. The van der Waals surface area contributed by atoms with E-state index in [1.807, 2.05) is 38.1 Å². The molecule has 0 aliphatic heterocycles. The Kier molecular flexibility index (Phi) is 8.62. The maximum atomic E-state index is 5.73. The van der Waals surface area contributed by atoms with Gasteiger partial charge in [-0.1, -0.05) is 35.7 Å². The van der Waals surface area contributed by atoms with Crippen LogP contribution in [0, 0.1) is 51.5 Å². The number of hydrogen-bond acceptors (Lipinski definition) is 1. The van der Waals surface area contributed by atoms with Crippen LogP contribution in [0.1, 0.15) is 19.4 Å². The van der Waals surface area contributed by atoms with Gasteiger partial charge in [-0.2, -0.15) is 18.2 Å². The molecule has 0 radical (unpaired) electrons. The van der Waals surface area contributed by atoms with Gasteiger partial charge in [0.1, 0.15) is 5.58 Å². The number of hydrogen-bond donors (Lipinski definition) is 0. The van der Waals surface area contributed by atoms with Crippen molar-refractivity contribution in [3.8, 4) is 0 Å². The Morgan fingerprint density at radius 2 is 1.65 bits per heavy atom. The topological polar surface area (TPSA) is 13.1 Å². The van der Waals surface area contributed by atoms with Gasteiger partial charge in [0.15, 0.2) is 0 Å². The van der Waals surface area contributed by atoms with Crippen LogP contribution in [0.4, 0.5) is 0 Å². The summed E-state index contributed by atoms with van der Waals surface area (Å²) in [6, 6.07) is 15.2. The zero-order valence-corrected chi connectivity index (χ0v) is 16.7. The molecule has 3 aromatic rings. The van der Waals surface area contributed by atoms with E-state index >= 15 is 0 Å². The summed E-state index contributed by atoms with van der Waals surface area (Å²) in [5, 5.41) is 2.32. The minimum absolute atomic E-state index is 0. The van der Waals surface area contributed by atoms with Crippen molar-refractivity contribution >= 4 is 21.9 Å². The Bertz CT molecular complexity index is 676. The average Bonchev–Trinajstić information content (AvgIpc) is 2.80. The van der Waals surface area contributed by atoms with Crippen LogP contribution in [-0.4, -0.2) is 0 Å². The number of fused-ring (bicyclic) bond motifs is 3. The summed E-state index contributed by atoms with van der Waals surface area (Å²) in [6.45, 7) is 6.06. The average molecular weight is 490 g/mol. The number of para-hydroxylation sites is 2. The molecule has 0 spiro atoms. The smallest absolute Gasteiger partial charge is 0.483 e. The van der Waals surface area contributed by atoms with Gasteiger partial charge in [0.25, 0.3) is 0 Å². The first-order valence-electron chi connectivity index (χ1n) is 6.13. The van der Waals surface area contributed by atoms with Crippen LogP contribution in [0.5, 0.6) is 0 Å². The van der Waals surface area contributed by atoms with E-state index in [0.717, 1.165) is 16.6 Å². The molecule has 2 heteroatoms. The van der Waals surface area contributed by atoms with Crippen LogP contribution in [0.2, 0.25) is 0 Å². The van der Waals surface area contributed by atoms with Crippen molar-refractivity contribution in [3.05, 3.63) is 67.6 Å². The molecular formula is C18H20OU. The predicted octanol–water partition coefficient (Wildman–Crippen LogP) is 5.73. The minimum atomic E-state index is 0. The molecular weight excluding hydrogens is 470 g/mol. The Balaban J connectivity index is 0.000000542. The first-order valence-corrected chi connectivity index (χ1v) is 6.13. The van der Waals surface area contributed by atoms with Crippen molar-refractivity contribution in [1.82, 2.24) is 0 Å². The molecule has 1 nitrogen and oxygen atoms in total. The number of benzene rings is 2. The monoisotopic (exact) mass is 490 g/mol. The van der Waals surface area contributed by atoms with Crippen molar-refractivity contribution in [2.24, 2.45) is 0 Å². The van der Waals surface area contributed by atoms with Crippen LogP contribution in [0.3, 0.4) is 0 Å². The Morgan fingerprint density at radius 1 is 1.00 bits per heavy atom. The summed E-state index contributed by atoms with van der Waals surface area (Å²) in [4.78, 5) is 0. The van der Waals surface area contributed by atoms with Crippen molar-refractivity contribution in [1.29, 1.82) is 0 Å². The molecule has 3 rings (SSSR count). The van der Waals surface area contributed by atoms with Crippen LogP contribution in [0.15, 0.2) is 53.0 Å². The largest absolute Gasteiger partial charge is 2.00 e. The van der Waals surface area contributed by atoms with Crippen molar-refractivity contribution in [2.45, 2.75) is 20.8 Å². The zero-order chi connectivity index (χ0) is 13.0. The molecule has 0 saturated heterocycles. The number of rotatable bonds is 0. The summed E-state index contributed by atoms with van der Waals surface area (Å²) >= 11 is 0. The quantitative estimate of drug-likeness (QED) is 0.290. The van der Waals surface area contributed by atoms with Crippen molar-refractivity contribution in [2.75, 3.05) is 0 Å². The fourth-order valence-corrected chi connectivity index (χ4v) is 1.82. The van der Waals surface area contributed by atoms with E-state index in [1.54, 1.807) is 0 Å². The van der Waals surface area contributed by atoms with Gasteiger partial charge >= 0.3 is 31.1 Å². The summed E-state index contributed by atoms with van der Waals surface area (Å²) in [7, 11) is 0. The van der Waals surface area contributed by atoms with E-state index in [0.29, 0.717) is 0 Å². The Labute approximate surface area is 145 Å². The van der Waals surface area contributed by atoms with E-state index in [4.69, 9.17) is 4.42 Å². The van der Waals surface area contributed by atoms with Gasteiger partial charge in [0.05, 0.1) is 0 Å². The van der Waals surface area contributed by atoms with E-state index in [1.165, 1.54) is 10.9 Å². The maximum absolute atomic E-state index is 5.73. The molecule has 0 atom stereocenters. The van der Waals surface area contributed by atoms with Gasteiger partial charge in [-0.3, -0.25) is 0 Å². The molecule has 0 saturated carbocycles. The second kappa shape index (κ2) is 9.06. The molecule has 0 aliphatic rings. The van der Waals surface area contributed by atoms with Crippen LogP contribution >= 0.6 is 0 Å². The van der Waals surface area contributed by atoms with Crippen LogP contribution in [0.25, 0.3) is 21.9 Å². The number of furan rings is 1. The molecule has 0 amide bonds. The molecule has 0 N–H and O–H groups in total. The fourth-order valence-electron chi connectivity index (χ4n) is 1.82. The summed E-state index contributed by atoms with van der Waals surface area (Å²) in [5.41, 5.74) is 2.99. The van der Waals surface area contributed by atoms with Gasteiger partial charge in [0.2, 0.25) is 0 Å². The standard InChI is InChI=1S/C13H9O.C4H8.CH3.U/c1-9-5-4-7-11-10-6-2-3-8-12(10)14-13(9)11;1-3-4-2;;/h2-7H,1H3;3-4H,1-2H3;1H3;/q-1;;-1;+2/b;4-3-;;. The van der Waals surface area contributed by atoms with E-state index in [2.05, 4.69) is 37.3 Å². The van der Waals surface area contributed by atoms with Crippen LogP contribution in [-0.2, 0) is 0 Å². The molecule has 20 heavy (non-hydrogen) atoms. The second-order valence-corrected chi connectivity index (χ2v) is 4.13. The second-order valence-electron chi connectivity index (χ2n) is 4.13. The number of allylic oxidation sites excluding steroid dienone is 2. The molecule has 102 valence electrons. The molecule has 0 aliphatic carbocycles. The van der Waals surface area contributed by atoms with Gasteiger partial charge < -0.3 is 11.8 Å². The maximum Gasteiger partial charge on any atom is 2.00 e. The fraction of sp³-hybridized carbons (Fsp3) is 0.167. The van der Waals surface area contributed by atoms with Crippen molar-refractivity contribution < 1.29 is 35.5 Å². The Hall–Kier alpha value is -0.968. The third kappa shape index (κ3) is 4.01. The molecule has 0 fully saturated rings. The normalized spacial score (nSPS) is 9.75. The molecule has 0 bridgehead atoms. The summed E-state index contributed by atoms with van der Waals surface area (Å²) in [5.74, 6) is 0. The van der Waals surface area contributed by atoms with Gasteiger partial charge in [0, 0.05) is 5.58 Å². The van der Waals surface area contributed by atoms with Gasteiger partial charge in [-0.25, -0.2) is 0 Å².